The molecular formula is C17H22N4O2. The first kappa shape index (κ1) is 14.5. The summed E-state index contributed by atoms with van der Waals surface area (Å²) in [6.07, 6.45) is 10.3. The third kappa shape index (κ3) is 3.16. The molecule has 1 unspecified atom stereocenters. The summed E-state index contributed by atoms with van der Waals surface area (Å²) in [5, 5.41) is 8.26. The molecule has 1 atom stereocenters. The molecule has 1 amide bonds. The van der Waals surface area contributed by atoms with Crippen LogP contribution in [-0.4, -0.2) is 38.3 Å². The van der Waals surface area contributed by atoms with Gasteiger partial charge in [-0.15, -0.1) is 0 Å². The molecule has 0 N–H and O–H groups in total. The highest BCUT2D eigenvalue weighted by Crippen LogP contribution is 2.40. The third-order valence-electron chi connectivity index (χ3n) is 4.87. The van der Waals surface area contributed by atoms with Crippen LogP contribution in [0.4, 0.5) is 0 Å². The van der Waals surface area contributed by atoms with Crippen molar-refractivity contribution in [3.63, 3.8) is 0 Å². The topological polar surface area (TPSA) is 64.2 Å². The van der Waals surface area contributed by atoms with Crippen LogP contribution >= 0.6 is 0 Å². The lowest BCUT2D eigenvalue weighted by Crippen LogP contribution is -2.44. The molecule has 0 bridgehead atoms. The molecule has 1 aliphatic carbocycles. The molecular weight excluding hydrogens is 292 g/mol. The number of aromatic nitrogens is 3. The van der Waals surface area contributed by atoms with Crippen molar-refractivity contribution < 1.29 is 9.32 Å². The predicted octanol–water partition coefficient (Wildman–Crippen LogP) is 2.83. The van der Waals surface area contributed by atoms with Gasteiger partial charge in [0, 0.05) is 43.5 Å². The van der Waals surface area contributed by atoms with Gasteiger partial charge in [0.05, 0.1) is 0 Å². The van der Waals surface area contributed by atoms with E-state index in [1.165, 1.54) is 6.42 Å². The number of amides is 1. The summed E-state index contributed by atoms with van der Waals surface area (Å²) in [6, 6.07) is 4.04. The van der Waals surface area contributed by atoms with Crippen LogP contribution in [-0.2, 0) is 6.54 Å². The lowest BCUT2D eigenvalue weighted by atomic mass is 9.99. The number of carbonyl (C=O) groups is 1. The van der Waals surface area contributed by atoms with Gasteiger partial charge in [-0.25, -0.2) is 0 Å². The van der Waals surface area contributed by atoms with Gasteiger partial charge in [0.25, 0.3) is 5.91 Å². The van der Waals surface area contributed by atoms with E-state index in [-0.39, 0.29) is 11.9 Å². The molecule has 2 aromatic rings. The van der Waals surface area contributed by atoms with Crippen molar-refractivity contribution in [1.82, 2.24) is 19.8 Å². The Balaban J connectivity index is 1.43. The highest BCUT2D eigenvalue weighted by molar-refractivity contribution is 5.92. The van der Waals surface area contributed by atoms with Crippen molar-refractivity contribution in [3.8, 4) is 0 Å². The Morgan fingerprint density at radius 1 is 1.30 bits per heavy atom. The number of likely N-dealkylation sites (tertiary alicyclic amines) is 1. The van der Waals surface area contributed by atoms with Gasteiger partial charge in [0.2, 0.25) is 0 Å². The van der Waals surface area contributed by atoms with Crippen LogP contribution in [0.1, 0.15) is 60.7 Å². The minimum atomic E-state index is 0.0193. The van der Waals surface area contributed by atoms with E-state index in [4.69, 9.17) is 4.52 Å². The second-order valence-corrected chi connectivity index (χ2v) is 6.59. The molecule has 6 nitrogen and oxygen atoms in total. The van der Waals surface area contributed by atoms with Crippen molar-refractivity contribution in [2.75, 3.05) is 6.54 Å². The van der Waals surface area contributed by atoms with E-state index in [1.807, 2.05) is 27.9 Å². The van der Waals surface area contributed by atoms with E-state index in [2.05, 4.69) is 10.3 Å². The summed E-state index contributed by atoms with van der Waals surface area (Å²) in [4.78, 5) is 14.8. The van der Waals surface area contributed by atoms with E-state index in [0.717, 1.165) is 51.0 Å². The Morgan fingerprint density at radius 3 is 3.00 bits per heavy atom. The summed E-state index contributed by atoms with van der Waals surface area (Å²) in [7, 11) is 0. The summed E-state index contributed by atoms with van der Waals surface area (Å²) in [5.41, 5.74) is 0.470. The molecule has 1 aliphatic heterocycles. The first-order chi connectivity index (χ1) is 11.3. The summed E-state index contributed by atoms with van der Waals surface area (Å²) >= 11 is 0. The van der Waals surface area contributed by atoms with Gasteiger partial charge < -0.3 is 9.42 Å². The Morgan fingerprint density at radius 2 is 2.22 bits per heavy atom. The molecule has 2 aliphatic rings. The van der Waals surface area contributed by atoms with Gasteiger partial charge in [0.15, 0.2) is 5.69 Å². The molecule has 2 fully saturated rings. The van der Waals surface area contributed by atoms with Crippen LogP contribution in [0.5, 0.6) is 0 Å². The van der Waals surface area contributed by atoms with E-state index in [9.17, 15) is 4.79 Å². The van der Waals surface area contributed by atoms with Crippen molar-refractivity contribution in [3.05, 3.63) is 36.0 Å². The number of hydrogen-bond acceptors (Lipinski definition) is 4. The van der Waals surface area contributed by atoms with Crippen LogP contribution in [0.15, 0.2) is 29.0 Å². The smallest absolute Gasteiger partial charge is 0.276 e. The van der Waals surface area contributed by atoms with E-state index in [1.54, 1.807) is 6.20 Å². The zero-order valence-corrected chi connectivity index (χ0v) is 13.2. The minimum Gasteiger partial charge on any atom is -0.360 e. The highest BCUT2D eigenvalue weighted by atomic mass is 16.5. The Bertz CT molecular complexity index is 660. The minimum absolute atomic E-state index is 0.0193. The SMILES string of the molecule is O=C(c1cc(C2CC2)on1)N1CCCCC1CCn1cccn1. The molecule has 0 spiro atoms. The molecule has 3 heterocycles. The first-order valence-electron chi connectivity index (χ1n) is 8.56. The molecule has 122 valence electrons. The standard InChI is InChI=1S/C17H22N4O2/c22-17(15-12-16(23-19-15)13-5-6-13)21-10-2-1-4-14(21)7-11-20-9-3-8-18-20/h3,8-9,12-14H,1-2,4-7,10-11H2. The number of rotatable bonds is 5. The molecule has 1 saturated heterocycles. The zero-order chi connectivity index (χ0) is 15.6. The van der Waals surface area contributed by atoms with Gasteiger partial charge in [-0.2, -0.15) is 5.10 Å². The maximum atomic E-state index is 12.8. The summed E-state index contributed by atoms with van der Waals surface area (Å²) in [5.74, 6) is 1.38. The number of carbonyl (C=O) groups excluding carboxylic acids is 1. The largest absolute Gasteiger partial charge is 0.360 e. The van der Waals surface area contributed by atoms with Gasteiger partial charge >= 0.3 is 0 Å². The van der Waals surface area contributed by atoms with Crippen molar-refractivity contribution >= 4 is 5.91 Å². The number of piperidine rings is 1. The lowest BCUT2D eigenvalue weighted by molar-refractivity contribution is 0.0583. The second kappa shape index (κ2) is 6.18. The van der Waals surface area contributed by atoms with E-state index >= 15 is 0 Å². The second-order valence-electron chi connectivity index (χ2n) is 6.59. The van der Waals surface area contributed by atoms with Gasteiger partial charge in [-0.3, -0.25) is 9.48 Å². The fourth-order valence-corrected chi connectivity index (χ4v) is 3.38. The van der Waals surface area contributed by atoms with Crippen LogP contribution in [0.25, 0.3) is 0 Å². The van der Waals surface area contributed by atoms with Gasteiger partial charge in [-0.05, 0) is 44.6 Å². The Kier molecular flexibility index (Phi) is 3.89. The molecule has 0 aromatic carbocycles. The van der Waals surface area contributed by atoms with E-state index < -0.39 is 0 Å². The fraction of sp³-hybridized carbons (Fsp3) is 0.588. The maximum absolute atomic E-state index is 12.8. The Labute approximate surface area is 135 Å². The average Bonchev–Trinajstić information content (AvgIpc) is 3.11. The molecule has 4 rings (SSSR count). The van der Waals surface area contributed by atoms with Gasteiger partial charge in [0.1, 0.15) is 5.76 Å². The molecule has 1 saturated carbocycles. The summed E-state index contributed by atoms with van der Waals surface area (Å²) < 4.78 is 7.27. The zero-order valence-electron chi connectivity index (χ0n) is 13.2. The molecule has 6 heteroatoms. The van der Waals surface area contributed by atoms with Gasteiger partial charge in [-0.1, -0.05) is 5.16 Å². The highest BCUT2D eigenvalue weighted by Gasteiger charge is 2.32. The predicted molar refractivity (Wildman–Crippen MR) is 84.0 cm³/mol. The normalized spacial score (nSPS) is 21.6. The average molecular weight is 314 g/mol. The quantitative estimate of drug-likeness (QED) is 0.851. The van der Waals surface area contributed by atoms with Crippen LogP contribution in [0.2, 0.25) is 0 Å². The first-order valence-corrected chi connectivity index (χ1v) is 8.56. The molecule has 23 heavy (non-hydrogen) atoms. The lowest BCUT2D eigenvalue weighted by Gasteiger charge is -2.35. The number of aryl methyl sites for hydroxylation is 1. The Hall–Kier alpha value is -2.11. The number of hydrogen-bond donors (Lipinski definition) is 0. The summed E-state index contributed by atoms with van der Waals surface area (Å²) in [6.45, 7) is 1.65. The van der Waals surface area contributed by atoms with Crippen molar-refractivity contribution in [2.45, 2.75) is 57.0 Å². The van der Waals surface area contributed by atoms with Crippen molar-refractivity contribution in [2.24, 2.45) is 0 Å². The van der Waals surface area contributed by atoms with Crippen LogP contribution in [0.3, 0.4) is 0 Å². The number of nitrogens with zero attached hydrogens (tertiary/aromatic N) is 4. The fourth-order valence-electron chi connectivity index (χ4n) is 3.38. The maximum Gasteiger partial charge on any atom is 0.276 e. The monoisotopic (exact) mass is 314 g/mol. The molecule has 0 radical (unpaired) electrons. The van der Waals surface area contributed by atoms with E-state index in [0.29, 0.717) is 11.6 Å². The van der Waals surface area contributed by atoms with Crippen LogP contribution in [0, 0.1) is 0 Å². The van der Waals surface area contributed by atoms with Crippen LogP contribution < -0.4 is 0 Å². The third-order valence-corrected chi connectivity index (χ3v) is 4.87. The molecule has 2 aromatic heterocycles. The van der Waals surface area contributed by atoms with Crippen molar-refractivity contribution in [1.29, 1.82) is 0 Å².